The summed E-state index contributed by atoms with van der Waals surface area (Å²) in [5.74, 6) is -0.104. The molecule has 1 aliphatic rings. The van der Waals surface area contributed by atoms with Crippen molar-refractivity contribution in [1.82, 2.24) is 0 Å². The van der Waals surface area contributed by atoms with Crippen molar-refractivity contribution in [3.05, 3.63) is 89.5 Å². The van der Waals surface area contributed by atoms with Crippen LogP contribution in [0.4, 0.5) is 5.69 Å². The summed E-state index contributed by atoms with van der Waals surface area (Å²) >= 11 is 1.61. The maximum atomic E-state index is 12.6. The zero-order valence-electron chi connectivity index (χ0n) is 16.9. The van der Waals surface area contributed by atoms with Crippen molar-refractivity contribution in [2.24, 2.45) is 0 Å². The van der Waals surface area contributed by atoms with Crippen LogP contribution in [0, 0.1) is 0 Å². The van der Waals surface area contributed by atoms with Crippen molar-refractivity contribution in [3.8, 4) is 0 Å². The van der Waals surface area contributed by atoms with E-state index in [0.717, 1.165) is 33.9 Å². The number of ketones is 1. The largest absolute Gasteiger partial charge is 0.325 e. The van der Waals surface area contributed by atoms with Gasteiger partial charge in [-0.05, 0) is 67.1 Å². The molecular weight excluding hydrogens is 390 g/mol. The molecule has 3 aromatic carbocycles. The van der Waals surface area contributed by atoms with Gasteiger partial charge in [0, 0.05) is 28.2 Å². The van der Waals surface area contributed by atoms with Gasteiger partial charge < -0.3 is 5.32 Å². The standard InChI is InChI=1S/C26H25NO2S/c28-24(21-15-14-19-8-4-5-9-20(19)18-21)16-17-26(29)27-23-12-6-7-13-25(23)30-22-10-2-1-3-11-22/h1-3,6-7,10-15,18H,4-5,8-9,16-17H2,(H,27,29). The quantitative estimate of drug-likeness (QED) is 0.459. The van der Waals surface area contributed by atoms with E-state index in [4.69, 9.17) is 0 Å². The molecule has 0 unspecified atom stereocenters. The molecule has 1 amide bonds. The summed E-state index contributed by atoms with van der Waals surface area (Å²) in [5.41, 5.74) is 4.16. The molecular formula is C26H25NO2S. The Hall–Kier alpha value is -2.85. The first-order chi connectivity index (χ1) is 14.7. The van der Waals surface area contributed by atoms with Gasteiger partial charge in [-0.3, -0.25) is 9.59 Å². The highest BCUT2D eigenvalue weighted by Crippen LogP contribution is 2.33. The summed E-state index contributed by atoms with van der Waals surface area (Å²) < 4.78 is 0. The Balaban J connectivity index is 1.36. The van der Waals surface area contributed by atoms with E-state index in [1.165, 1.54) is 24.0 Å². The lowest BCUT2D eigenvalue weighted by Crippen LogP contribution is -2.14. The van der Waals surface area contributed by atoms with Crippen molar-refractivity contribution in [2.75, 3.05) is 5.32 Å². The van der Waals surface area contributed by atoms with Crippen LogP contribution in [0.3, 0.4) is 0 Å². The number of fused-ring (bicyclic) bond motifs is 1. The topological polar surface area (TPSA) is 46.2 Å². The minimum atomic E-state index is -0.137. The molecule has 1 N–H and O–H groups in total. The molecule has 4 heteroatoms. The summed E-state index contributed by atoms with van der Waals surface area (Å²) in [6.45, 7) is 0. The van der Waals surface area contributed by atoms with Crippen LogP contribution in [0.25, 0.3) is 0 Å². The molecule has 0 saturated carbocycles. The van der Waals surface area contributed by atoms with Crippen molar-refractivity contribution in [1.29, 1.82) is 0 Å². The number of anilines is 1. The van der Waals surface area contributed by atoms with Gasteiger partial charge in [-0.25, -0.2) is 0 Å². The molecule has 0 aliphatic heterocycles. The fraction of sp³-hybridized carbons (Fsp3) is 0.231. The van der Waals surface area contributed by atoms with Crippen LogP contribution in [-0.4, -0.2) is 11.7 Å². The molecule has 0 radical (unpaired) electrons. The Bertz CT molecular complexity index is 1050. The first-order valence-electron chi connectivity index (χ1n) is 10.5. The van der Waals surface area contributed by atoms with Crippen LogP contribution in [-0.2, 0) is 17.6 Å². The van der Waals surface area contributed by atoms with Gasteiger partial charge in [0.05, 0.1) is 5.69 Å². The molecule has 0 saturated heterocycles. The Kier molecular flexibility index (Phi) is 6.65. The van der Waals surface area contributed by atoms with E-state index in [-0.39, 0.29) is 24.5 Å². The Morgan fingerprint density at radius 2 is 1.53 bits per heavy atom. The third kappa shape index (κ3) is 5.19. The predicted molar refractivity (Wildman–Crippen MR) is 122 cm³/mol. The molecule has 0 bridgehead atoms. The summed E-state index contributed by atoms with van der Waals surface area (Å²) in [6, 6.07) is 23.8. The minimum absolute atomic E-state index is 0.0328. The number of hydrogen-bond donors (Lipinski definition) is 1. The normalized spacial score (nSPS) is 12.8. The Morgan fingerprint density at radius 1 is 0.800 bits per heavy atom. The van der Waals surface area contributed by atoms with Gasteiger partial charge in [0.15, 0.2) is 5.78 Å². The van der Waals surface area contributed by atoms with Crippen LogP contribution in [0.1, 0.15) is 47.2 Å². The maximum absolute atomic E-state index is 12.6. The minimum Gasteiger partial charge on any atom is -0.325 e. The van der Waals surface area contributed by atoms with Gasteiger partial charge >= 0.3 is 0 Å². The number of nitrogens with one attached hydrogen (secondary N) is 1. The van der Waals surface area contributed by atoms with Gasteiger partial charge in [-0.1, -0.05) is 54.2 Å². The highest BCUT2D eigenvalue weighted by molar-refractivity contribution is 7.99. The number of rotatable bonds is 7. The number of benzene rings is 3. The SMILES string of the molecule is O=C(CCC(=O)c1ccc2c(c1)CCCC2)Nc1ccccc1Sc1ccccc1. The summed E-state index contributed by atoms with van der Waals surface area (Å²) in [6.07, 6.45) is 4.97. The highest BCUT2D eigenvalue weighted by atomic mass is 32.2. The average molecular weight is 416 g/mol. The summed E-state index contributed by atoms with van der Waals surface area (Å²) in [5, 5.41) is 2.98. The Labute approximate surface area is 181 Å². The molecule has 0 heterocycles. The second-order valence-corrected chi connectivity index (χ2v) is 8.69. The van der Waals surface area contributed by atoms with Crippen LogP contribution in [0.2, 0.25) is 0 Å². The molecule has 3 nitrogen and oxygen atoms in total. The van der Waals surface area contributed by atoms with Crippen molar-refractivity contribution >= 4 is 29.1 Å². The zero-order chi connectivity index (χ0) is 20.8. The molecule has 0 fully saturated rings. The van der Waals surface area contributed by atoms with Gasteiger partial charge in [0.25, 0.3) is 0 Å². The van der Waals surface area contributed by atoms with Crippen molar-refractivity contribution in [2.45, 2.75) is 48.3 Å². The fourth-order valence-electron chi connectivity index (χ4n) is 3.77. The van der Waals surface area contributed by atoms with E-state index in [1.807, 2.05) is 66.7 Å². The van der Waals surface area contributed by atoms with E-state index in [2.05, 4.69) is 11.4 Å². The van der Waals surface area contributed by atoms with Gasteiger partial charge in [-0.15, -0.1) is 0 Å². The number of carbonyl (C=O) groups excluding carboxylic acids is 2. The van der Waals surface area contributed by atoms with E-state index < -0.39 is 0 Å². The highest BCUT2D eigenvalue weighted by Gasteiger charge is 2.15. The van der Waals surface area contributed by atoms with Crippen LogP contribution in [0.5, 0.6) is 0 Å². The summed E-state index contributed by atoms with van der Waals surface area (Å²) in [4.78, 5) is 27.2. The number of hydrogen-bond acceptors (Lipinski definition) is 3. The van der Waals surface area contributed by atoms with Crippen molar-refractivity contribution < 1.29 is 9.59 Å². The third-order valence-electron chi connectivity index (χ3n) is 5.38. The molecule has 0 aromatic heterocycles. The van der Waals surface area contributed by atoms with E-state index in [9.17, 15) is 9.59 Å². The average Bonchev–Trinajstić information content (AvgIpc) is 2.79. The molecule has 30 heavy (non-hydrogen) atoms. The summed E-state index contributed by atoms with van der Waals surface area (Å²) in [7, 11) is 0. The van der Waals surface area contributed by atoms with Crippen molar-refractivity contribution in [3.63, 3.8) is 0 Å². The second kappa shape index (κ2) is 9.77. The van der Waals surface area contributed by atoms with Gasteiger partial charge in [0.2, 0.25) is 5.91 Å². The number of Topliss-reactive ketones (excluding diaryl/α,β-unsaturated/α-hetero) is 1. The maximum Gasteiger partial charge on any atom is 0.224 e. The Morgan fingerprint density at radius 3 is 2.37 bits per heavy atom. The smallest absolute Gasteiger partial charge is 0.224 e. The lowest BCUT2D eigenvalue weighted by Gasteiger charge is -2.16. The second-order valence-electron chi connectivity index (χ2n) is 7.57. The molecule has 1 aliphatic carbocycles. The van der Waals surface area contributed by atoms with Crippen LogP contribution < -0.4 is 5.32 Å². The fourth-order valence-corrected chi connectivity index (χ4v) is 4.69. The first kappa shape index (κ1) is 20.4. The first-order valence-corrected chi connectivity index (χ1v) is 11.3. The number of aryl methyl sites for hydroxylation is 2. The van der Waals surface area contributed by atoms with Gasteiger partial charge in [-0.2, -0.15) is 0 Å². The third-order valence-corrected chi connectivity index (χ3v) is 6.47. The van der Waals surface area contributed by atoms with E-state index in [1.54, 1.807) is 11.8 Å². The molecule has 0 spiro atoms. The van der Waals surface area contributed by atoms with E-state index >= 15 is 0 Å². The lowest BCUT2D eigenvalue weighted by atomic mass is 9.89. The van der Waals surface area contributed by atoms with Crippen LogP contribution in [0.15, 0.2) is 82.6 Å². The zero-order valence-corrected chi connectivity index (χ0v) is 17.7. The number of carbonyl (C=O) groups is 2. The molecule has 152 valence electrons. The number of para-hydroxylation sites is 1. The lowest BCUT2D eigenvalue weighted by molar-refractivity contribution is -0.116. The van der Waals surface area contributed by atoms with E-state index in [0.29, 0.717) is 0 Å². The van der Waals surface area contributed by atoms with Crippen LogP contribution >= 0.6 is 11.8 Å². The predicted octanol–water partition coefficient (Wildman–Crippen LogP) is 6.32. The molecule has 3 aromatic rings. The molecule has 0 atom stereocenters. The number of amides is 1. The molecule has 4 rings (SSSR count). The van der Waals surface area contributed by atoms with Gasteiger partial charge in [0.1, 0.15) is 0 Å². The monoisotopic (exact) mass is 415 g/mol.